The first-order chi connectivity index (χ1) is 7.08. The number of nitrogens with two attached hydrogens (primary N) is 3. The van der Waals surface area contributed by atoms with Gasteiger partial charge in [0.1, 0.15) is 0 Å². The average Bonchev–Trinajstić information content (AvgIpc) is 2.14. The maximum absolute atomic E-state index is 5.46. The summed E-state index contributed by atoms with van der Waals surface area (Å²) in [7, 11) is 0. The summed E-state index contributed by atoms with van der Waals surface area (Å²) < 4.78 is 1.15. The molecule has 15 heavy (non-hydrogen) atoms. The smallest absolute Gasteiger partial charge is 0.218 e. The van der Waals surface area contributed by atoms with E-state index in [9.17, 15) is 0 Å². The lowest BCUT2D eigenvalue weighted by molar-refractivity contribution is 1.05. The molecule has 0 amide bonds. The van der Waals surface area contributed by atoms with Crippen LogP contribution in [0, 0.1) is 3.57 Å². The number of hydrogen-bond donors (Lipinski definition) is 3. The van der Waals surface area contributed by atoms with Gasteiger partial charge in [-0.05, 0) is 40.3 Å². The Balaban J connectivity index is 2.68. The third kappa shape index (κ3) is 4.63. The van der Waals surface area contributed by atoms with Gasteiger partial charge < -0.3 is 17.2 Å². The molecular formula is C9H12IN5. The van der Waals surface area contributed by atoms with E-state index < -0.39 is 0 Å². The van der Waals surface area contributed by atoms with E-state index in [0.717, 1.165) is 9.13 Å². The van der Waals surface area contributed by atoms with E-state index in [1.54, 1.807) is 0 Å². The lowest BCUT2D eigenvalue weighted by Crippen LogP contribution is -2.26. The largest absolute Gasteiger partial charge is 0.370 e. The van der Waals surface area contributed by atoms with E-state index in [-0.39, 0.29) is 11.9 Å². The van der Waals surface area contributed by atoms with Gasteiger partial charge in [-0.2, -0.15) is 4.99 Å². The molecule has 1 aromatic rings. The van der Waals surface area contributed by atoms with Crippen molar-refractivity contribution < 1.29 is 0 Å². The molecule has 80 valence electrons. The van der Waals surface area contributed by atoms with Crippen molar-refractivity contribution in [2.24, 2.45) is 27.2 Å². The minimum Gasteiger partial charge on any atom is -0.370 e. The van der Waals surface area contributed by atoms with Crippen molar-refractivity contribution in [1.29, 1.82) is 0 Å². The van der Waals surface area contributed by atoms with E-state index in [0.29, 0.717) is 6.54 Å². The SMILES string of the molecule is NC(N)=NC(N)=NCc1cccc(I)c1. The third-order valence-electron chi connectivity index (χ3n) is 1.56. The van der Waals surface area contributed by atoms with Crippen molar-refractivity contribution in [3.63, 3.8) is 0 Å². The van der Waals surface area contributed by atoms with Crippen molar-refractivity contribution in [2.75, 3.05) is 0 Å². The molecule has 5 nitrogen and oxygen atoms in total. The third-order valence-corrected chi connectivity index (χ3v) is 2.23. The first-order valence-corrected chi connectivity index (χ1v) is 5.30. The van der Waals surface area contributed by atoms with Gasteiger partial charge in [-0.15, -0.1) is 0 Å². The maximum atomic E-state index is 5.46. The molecule has 0 saturated heterocycles. The number of nitrogens with zero attached hydrogens (tertiary/aromatic N) is 2. The number of halogens is 1. The van der Waals surface area contributed by atoms with Gasteiger partial charge in [0, 0.05) is 3.57 Å². The summed E-state index contributed by atoms with van der Waals surface area (Å²) in [4.78, 5) is 7.63. The summed E-state index contributed by atoms with van der Waals surface area (Å²) in [6, 6.07) is 7.96. The molecule has 0 bridgehead atoms. The highest BCUT2D eigenvalue weighted by atomic mass is 127. The highest BCUT2D eigenvalue weighted by Gasteiger charge is 1.93. The van der Waals surface area contributed by atoms with Crippen LogP contribution in [0.4, 0.5) is 0 Å². The van der Waals surface area contributed by atoms with E-state index >= 15 is 0 Å². The molecule has 0 fully saturated rings. The predicted octanol–water partition coefficient (Wildman–Crippen LogP) is 0.379. The summed E-state index contributed by atoms with van der Waals surface area (Å²) in [6.07, 6.45) is 0. The lowest BCUT2D eigenvalue weighted by atomic mass is 10.2. The van der Waals surface area contributed by atoms with Gasteiger partial charge in [0.15, 0.2) is 5.96 Å². The molecule has 0 atom stereocenters. The number of aliphatic imine (C=N–C) groups is 2. The fourth-order valence-corrected chi connectivity index (χ4v) is 1.58. The Morgan fingerprint density at radius 1 is 1.27 bits per heavy atom. The van der Waals surface area contributed by atoms with Crippen molar-refractivity contribution >= 4 is 34.5 Å². The zero-order chi connectivity index (χ0) is 11.3. The predicted molar refractivity (Wildman–Crippen MR) is 70.3 cm³/mol. The first kappa shape index (κ1) is 11.8. The Kier molecular flexibility index (Phi) is 4.35. The lowest BCUT2D eigenvalue weighted by Gasteiger charge is -1.98. The van der Waals surface area contributed by atoms with Crippen LogP contribution in [0.25, 0.3) is 0 Å². The highest BCUT2D eigenvalue weighted by Crippen LogP contribution is 2.08. The van der Waals surface area contributed by atoms with Crippen LogP contribution in [0.5, 0.6) is 0 Å². The van der Waals surface area contributed by atoms with Crippen LogP contribution in [0.1, 0.15) is 5.56 Å². The van der Waals surface area contributed by atoms with Crippen LogP contribution in [-0.2, 0) is 6.54 Å². The van der Waals surface area contributed by atoms with Gasteiger partial charge in [0.25, 0.3) is 0 Å². The van der Waals surface area contributed by atoms with Gasteiger partial charge in [0.05, 0.1) is 6.54 Å². The topological polar surface area (TPSA) is 103 Å². The van der Waals surface area contributed by atoms with Crippen LogP contribution in [0.15, 0.2) is 34.3 Å². The molecule has 0 aliphatic rings. The molecule has 6 N–H and O–H groups in total. The van der Waals surface area contributed by atoms with Crippen molar-refractivity contribution in [1.82, 2.24) is 0 Å². The Hall–Kier alpha value is -1.31. The van der Waals surface area contributed by atoms with Gasteiger partial charge in [-0.1, -0.05) is 12.1 Å². The highest BCUT2D eigenvalue weighted by molar-refractivity contribution is 14.1. The Bertz CT molecular complexity index is 395. The second kappa shape index (κ2) is 5.54. The number of benzene rings is 1. The molecule has 1 rings (SSSR count). The van der Waals surface area contributed by atoms with Crippen LogP contribution < -0.4 is 17.2 Å². The Morgan fingerprint density at radius 2 is 2.00 bits per heavy atom. The zero-order valence-electron chi connectivity index (χ0n) is 8.02. The number of guanidine groups is 2. The van der Waals surface area contributed by atoms with Crippen molar-refractivity contribution in [2.45, 2.75) is 6.54 Å². The quantitative estimate of drug-likeness (QED) is 0.417. The fourth-order valence-electron chi connectivity index (χ4n) is 0.975. The maximum Gasteiger partial charge on any atom is 0.218 e. The molecule has 0 saturated carbocycles. The van der Waals surface area contributed by atoms with E-state index in [1.807, 2.05) is 24.3 Å². The van der Waals surface area contributed by atoms with Gasteiger partial charge in [-0.25, -0.2) is 4.99 Å². The summed E-state index contributed by atoms with van der Waals surface area (Å²) in [5.41, 5.74) is 16.8. The van der Waals surface area contributed by atoms with Gasteiger partial charge >= 0.3 is 0 Å². The standard InChI is InChI=1S/C9H12IN5/c10-7-3-1-2-6(4-7)5-14-9(13)15-8(11)12/h1-4H,5H2,(H6,11,12,13,14,15). The molecule has 0 spiro atoms. The summed E-state index contributed by atoms with van der Waals surface area (Å²) in [6.45, 7) is 0.472. The second-order valence-corrected chi connectivity index (χ2v) is 4.09. The molecule has 0 radical (unpaired) electrons. The minimum atomic E-state index is -0.0844. The second-order valence-electron chi connectivity index (χ2n) is 2.84. The normalized spacial score (nSPS) is 11.1. The molecule has 0 unspecified atom stereocenters. The summed E-state index contributed by atoms with van der Waals surface area (Å²) in [5, 5.41) is 0. The monoisotopic (exact) mass is 317 g/mol. The number of hydrogen-bond acceptors (Lipinski definition) is 1. The minimum absolute atomic E-state index is 0.0844. The van der Waals surface area contributed by atoms with Crippen LogP contribution >= 0.6 is 22.6 Å². The molecule has 0 heterocycles. The van der Waals surface area contributed by atoms with Gasteiger partial charge in [-0.3, -0.25) is 0 Å². The Morgan fingerprint density at radius 3 is 2.60 bits per heavy atom. The zero-order valence-corrected chi connectivity index (χ0v) is 10.2. The molecule has 0 aliphatic carbocycles. The van der Waals surface area contributed by atoms with Crippen LogP contribution in [-0.4, -0.2) is 11.9 Å². The first-order valence-electron chi connectivity index (χ1n) is 4.22. The van der Waals surface area contributed by atoms with Crippen LogP contribution in [0.3, 0.4) is 0 Å². The Labute approximate surface area is 102 Å². The van der Waals surface area contributed by atoms with Gasteiger partial charge in [0.2, 0.25) is 5.96 Å². The molecule has 0 aromatic heterocycles. The van der Waals surface area contributed by atoms with E-state index in [1.165, 1.54) is 0 Å². The van der Waals surface area contributed by atoms with E-state index in [2.05, 4.69) is 32.6 Å². The van der Waals surface area contributed by atoms with E-state index in [4.69, 9.17) is 17.2 Å². The average molecular weight is 317 g/mol. The fraction of sp³-hybridized carbons (Fsp3) is 0.111. The number of rotatable bonds is 2. The van der Waals surface area contributed by atoms with Crippen LogP contribution in [0.2, 0.25) is 0 Å². The van der Waals surface area contributed by atoms with Crippen molar-refractivity contribution in [3.05, 3.63) is 33.4 Å². The molecule has 1 aromatic carbocycles. The molecule has 0 aliphatic heterocycles. The molecular weight excluding hydrogens is 305 g/mol. The summed E-state index contributed by atoms with van der Waals surface area (Å²) >= 11 is 2.24. The summed E-state index contributed by atoms with van der Waals surface area (Å²) in [5.74, 6) is 0.00718. The molecule has 6 heteroatoms. The van der Waals surface area contributed by atoms with Crippen molar-refractivity contribution in [3.8, 4) is 0 Å².